The molecule has 0 amide bonds. The van der Waals surface area contributed by atoms with Gasteiger partial charge in [-0.05, 0) is 49.0 Å². The molecule has 0 spiro atoms. The molecular weight excluding hydrogens is 422 g/mol. The number of hydrogen-bond acceptors (Lipinski definition) is 8. The molecule has 0 fully saturated rings. The summed E-state index contributed by atoms with van der Waals surface area (Å²) in [6.07, 6.45) is 1.18. The van der Waals surface area contributed by atoms with Crippen LogP contribution in [0, 0.1) is 17.6 Å². The number of aryl methyl sites for hydroxylation is 1. The van der Waals surface area contributed by atoms with Crippen LogP contribution in [0.5, 0.6) is 5.88 Å². The van der Waals surface area contributed by atoms with Gasteiger partial charge in [0, 0.05) is 11.1 Å². The lowest BCUT2D eigenvalue weighted by Gasteiger charge is -2.09. The number of hydrogen-bond donors (Lipinski definition) is 2. The number of nitrogens with zero attached hydrogens (tertiary/aromatic N) is 4. The van der Waals surface area contributed by atoms with Crippen molar-refractivity contribution in [2.45, 2.75) is 11.8 Å². The largest absolute Gasteiger partial charge is 0.493 e. The monoisotopic (exact) mass is 435 g/mol. The molecule has 0 saturated carbocycles. The second-order valence-electron chi connectivity index (χ2n) is 6.25. The summed E-state index contributed by atoms with van der Waals surface area (Å²) in [7, 11) is 0. The van der Waals surface area contributed by atoms with Crippen molar-refractivity contribution in [2.75, 3.05) is 0 Å². The highest BCUT2D eigenvalue weighted by atomic mass is 32.2. The Kier molecular flexibility index (Phi) is 5.22. The van der Waals surface area contributed by atoms with Crippen LogP contribution >= 0.6 is 23.1 Å². The van der Waals surface area contributed by atoms with E-state index < -0.39 is 17.1 Å². The molecule has 8 nitrogen and oxygen atoms in total. The van der Waals surface area contributed by atoms with Crippen LogP contribution < -0.4 is 11.2 Å². The van der Waals surface area contributed by atoms with Crippen molar-refractivity contribution in [3.8, 4) is 17.0 Å². The lowest BCUT2D eigenvalue weighted by Crippen LogP contribution is -2.31. The normalized spacial score (nSPS) is 11.2. The zero-order chi connectivity index (χ0) is 21.3. The van der Waals surface area contributed by atoms with Gasteiger partial charge in [0.15, 0.2) is 0 Å². The van der Waals surface area contributed by atoms with Crippen LogP contribution in [0.2, 0.25) is 0 Å². The molecule has 4 aromatic rings. The summed E-state index contributed by atoms with van der Waals surface area (Å²) in [5, 5.41) is 21.8. The number of thioether (sulfide) groups is 1. The first-order chi connectivity index (χ1) is 14.5. The number of aromatic nitrogens is 3. The maximum Gasteiger partial charge on any atom is 0.335 e. The number of nitrogens with one attached hydrogen (secondary N) is 1. The molecule has 0 bridgehead atoms. The van der Waals surface area contributed by atoms with E-state index in [9.17, 15) is 14.7 Å². The Morgan fingerprint density at radius 3 is 2.77 bits per heavy atom. The lowest BCUT2D eigenvalue weighted by atomic mass is 10.2. The van der Waals surface area contributed by atoms with E-state index in [0.717, 1.165) is 31.5 Å². The summed E-state index contributed by atoms with van der Waals surface area (Å²) in [5.41, 5.74) is 0.452. The minimum atomic E-state index is -0.751. The van der Waals surface area contributed by atoms with Gasteiger partial charge >= 0.3 is 5.69 Å². The second kappa shape index (κ2) is 7.98. The van der Waals surface area contributed by atoms with E-state index >= 15 is 0 Å². The molecule has 0 aliphatic rings. The number of H-pyrrole nitrogens is 1. The quantitative estimate of drug-likeness (QED) is 0.287. The SMILES string of the molecule is Cc1ccc(-n2c(O)c(C=Nc3nc4ccc(SC#N)cc4s3)c(=O)[nH]c2=O)cc1. The summed E-state index contributed by atoms with van der Waals surface area (Å²) >= 11 is 2.33. The zero-order valence-corrected chi connectivity index (χ0v) is 17.1. The van der Waals surface area contributed by atoms with Crippen LogP contribution in [0.25, 0.3) is 15.9 Å². The standard InChI is InChI=1S/C20H13N5O3S2/c1-11-2-4-12(5-3-11)25-18(27)14(17(26)24-20(25)28)9-22-19-23-15-7-6-13(29-10-21)8-16(15)30-19/h2-9,27H,1H3,(H,24,26,28). The molecule has 4 rings (SSSR count). The number of thiocyanates is 1. The Morgan fingerprint density at radius 1 is 1.27 bits per heavy atom. The van der Waals surface area contributed by atoms with E-state index in [1.807, 2.05) is 18.4 Å². The molecule has 0 unspecified atom stereocenters. The molecule has 2 N–H and O–H groups in total. The smallest absolute Gasteiger partial charge is 0.335 e. The highest BCUT2D eigenvalue weighted by Gasteiger charge is 2.14. The van der Waals surface area contributed by atoms with Gasteiger partial charge in [-0.15, -0.1) is 0 Å². The maximum atomic E-state index is 12.2. The van der Waals surface area contributed by atoms with Crippen molar-refractivity contribution in [1.82, 2.24) is 14.5 Å². The molecule has 2 heterocycles. The molecule has 10 heteroatoms. The van der Waals surface area contributed by atoms with Crippen molar-refractivity contribution in [3.63, 3.8) is 0 Å². The molecule has 30 heavy (non-hydrogen) atoms. The maximum absolute atomic E-state index is 12.2. The molecule has 0 aliphatic carbocycles. The molecular formula is C20H13N5O3S2. The van der Waals surface area contributed by atoms with Crippen molar-refractivity contribution in [2.24, 2.45) is 4.99 Å². The van der Waals surface area contributed by atoms with Gasteiger partial charge in [-0.25, -0.2) is 19.3 Å². The van der Waals surface area contributed by atoms with Crippen molar-refractivity contribution in [1.29, 1.82) is 5.26 Å². The second-order valence-corrected chi connectivity index (χ2v) is 8.11. The molecule has 0 aliphatic heterocycles. The molecule has 2 aromatic carbocycles. The lowest BCUT2D eigenvalue weighted by molar-refractivity contribution is 0.430. The summed E-state index contributed by atoms with van der Waals surface area (Å²) < 4.78 is 1.84. The van der Waals surface area contributed by atoms with Gasteiger partial charge in [-0.1, -0.05) is 29.0 Å². The van der Waals surface area contributed by atoms with E-state index in [0.29, 0.717) is 16.3 Å². The number of aromatic hydroxyl groups is 1. The first-order valence-electron chi connectivity index (χ1n) is 8.62. The first-order valence-corrected chi connectivity index (χ1v) is 10.3. The summed E-state index contributed by atoms with van der Waals surface area (Å²) in [5.74, 6) is -0.509. The van der Waals surface area contributed by atoms with E-state index in [-0.39, 0.29) is 5.56 Å². The molecule has 2 aromatic heterocycles. The van der Waals surface area contributed by atoms with Gasteiger partial charge in [-0.2, -0.15) is 5.26 Å². The Balaban J connectivity index is 1.75. The van der Waals surface area contributed by atoms with Crippen LogP contribution in [-0.2, 0) is 0 Å². The van der Waals surface area contributed by atoms with Gasteiger partial charge in [-0.3, -0.25) is 9.78 Å². The Bertz CT molecular complexity index is 1440. The Hall–Kier alpha value is -3.68. The minimum absolute atomic E-state index is 0.157. The van der Waals surface area contributed by atoms with Crippen LogP contribution in [0.15, 0.2) is 61.9 Å². The Morgan fingerprint density at radius 2 is 2.03 bits per heavy atom. The zero-order valence-electron chi connectivity index (χ0n) is 15.5. The predicted molar refractivity (Wildman–Crippen MR) is 117 cm³/mol. The fraction of sp³-hybridized carbons (Fsp3) is 0.0500. The minimum Gasteiger partial charge on any atom is -0.493 e. The van der Waals surface area contributed by atoms with Crippen molar-refractivity contribution < 1.29 is 5.11 Å². The molecule has 148 valence electrons. The third-order valence-electron chi connectivity index (χ3n) is 4.23. The number of nitriles is 1. The van der Waals surface area contributed by atoms with E-state index in [1.165, 1.54) is 17.6 Å². The first kappa shape index (κ1) is 19.6. The fourth-order valence-corrected chi connectivity index (χ4v) is 4.12. The number of rotatable bonds is 4. The van der Waals surface area contributed by atoms with Crippen molar-refractivity contribution >= 4 is 44.7 Å². The number of fused-ring (bicyclic) bond motifs is 1. The summed E-state index contributed by atoms with van der Waals surface area (Å²) in [6.45, 7) is 1.90. The molecule has 0 radical (unpaired) electrons. The van der Waals surface area contributed by atoms with Crippen LogP contribution in [0.3, 0.4) is 0 Å². The van der Waals surface area contributed by atoms with E-state index in [1.54, 1.807) is 36.4 Å². The van der Waals surface area contributed by atoms with Crippen LogP contribution in [0.1, 0.15) is 11.1 Å². The van der Waals surface area contributed by atoms with Gasteiger partial charge in [0.05, 0.1) is 15.9 Å². The van der Waals surface area contributed by atoms with Crippen molar-refractivity contribution in [3.05, 3.63) is 74.4 Å². The fourth-order valence-electron chi connectivity index (χ4n) is 2.77. The van der Waals surface area contributed by atoms with Gasteiger partial charge in [0.2, 0.25) is 11.0 Å². The summed E-state index contributed by atoms with van der Waals surface area (Å²) in [6, 6.07) is 12.3. The van der Waals surface area contributed by atoms with Gasteiger partial charge in [0.25, 0.3) is 5.56 Å². The highest BCUT2D eigenvalue weighted by Crippen LogP contribution is 2.31. The average molecular weight is 435 g/mol. The topological polar surface area (TPSA) is 124 Å². The van der Waals surface area contributed by atoms with Crippen LogP contribution in [-0.4, -0.2) is 25.9 Å². The third-order valence-corrected chi connectivity index (χ3v) is 5.74. The van der Waals surface area contributed by atoms with E-state index in [4.69, 9.17) is 5.26 Å². The Labute approximate surface area is 177 Å². The highest BCUT2D eigenvalue weighted by molar-refractivity contribution is 8.03. The number of aliphatic imine (C=N–C) groups is 1. The third kappa shape index (κ3) is 3.76. The average Bonchev–Trinajstić information content (AvgIpc) is 3.11. The number of thiazole rings is 1. The summed E-state index contributed by atoms with van der Waals surface area (Å²) in [4.78, 5) is 36.0. The van der Waals surface area contributed by atoms with E-state index in [2.05, 4.69) is 15.0 Å². The predicted octanol–water partition coefficient (Wildman–Crippen LogP) is 3.47. The van der Waals surface area contributed by atoms with Gasteiger partial charge < -0.3 is 5.11 Å². The van der Waals surface area contributed by atoms with Gasteiger partial charge in [0.1, 0.15) is 11.0 Å². The molecule has 0 saturated heterocycles. The number of benzene rings is 2. The molecule has 0 atom stereocenters. The van der Waals surface area contributed by atoms with Crippen LogP contribution in [0.4, 0.5) is 5.13 Å². The number of aromatic amines is 1.